The van der Waals surface area contributed by atoms with Crippen LogP contribution in [0.1, 0.15) is 110 Å². The van der Waals surface area contributed by atoms with Gasteiger partial charge < -0.3 is 20.3 Å². The highest BCUT2D eigenvalue weighted by Crippen LogP contribution is 2.21. The molecule has 0 aliphatic heterocycles. The average Bonchev–Trinajstić information content (AvgIpc) is 2.72. The van der Waals surface area contributed by atoms with Crippen molar-refractivity contribution in [2.24, 2.45) is 5.92 Å². The molecule has 0 saturated carbocycles. The number of hydrogen-bond acceptors (Lipinski definition) is 5. The van der Waals surface area contributed by atoms with Gasteiger partial charge in [0.15, 0.2) is 0 Å². The number of esters is 1. The second kappa shape index (κ2) is 22.0. The van der Waals surface area contributed by atoms with Crippen molar-refractivity contribution in [1.82, 2.24) is 5.32 Å². The van der Waals surface area contributed by atoms with Crippen molar-refractivity contribution in [3.63, 3.8) is 0 Å². The summed E-state index contributed by atoms with van der Waals surface area (Å²) in [6, 6.07) is 0. The van der Waals surface area contributed by atoms with Gasteiger partial charge in [0.05, 0.1) is 19.3 Å². The standard InChI is InChI=1S/C24H49NO4/c1-3-5-7-10-14-22(15-11-8-6-4-2)17-19-29-24(28)16-12-9-13-18-25-20-23(27)21-26/h22-23,25-27H,3-21H2,1-2H3/t23-/m1/s1. The molecule has 5 heteroatoms. The number of aliphatic hydroxyl groups excluding tert-OH is 2. The van der Waals surface area contributed by atoms with Gasteiger partial charge in [-0.2, -0.15) is 0 Å². The summed E-state index contributed by atoms with van der Waals surface area (Å²) in [5.74, 6) is 0.640. The fraction of sp³-hybridized carbons (Fsp3) is 0.958. The molecule has 3 N–H and O–H groups in total. The van der Waals surface area contributed by atoms with Gasteiger partial charge in [-0.15, -0.1) is 0 Å². The lowest BCUT2D eigenvalue weighted by molar-refractivity contribution is -0.144. The van der Waals surface area contributed by atoms with E-state index in [1.54, 1.807) is 0 Å². The van der Waals surface area contributed by atoms with Crippen molar-refractivity contribution in [3.05, 3.63) is 0 Å². The highest BCUT2D eigenvalue weighted by atomic mass is 16.5. The normalized spacial score (nSPS) is 12.4. The second-order valence-electron chi connectivity index (χ2n) is 8.43. The molecule has 0 radical (unpaired) electrons. The van der Waals surface area contributed by atoms with E-state index in [4.69, 9.17) is 9.84 Å². The summed E-state index contributed by atoms with van der Waals surface area (Å²) in [5, 5.41) is 21.0. The molecule has 0 spiro atoms. The maximum absolute atomic E-state index is 11.9. The van der Waals surface area contributed by atoms with E-state index in [9.17, 15) is 9.90 Å². The zero-order chi connectivity index (χ0) is 21.6. The van der Waals surface area contributed by atoms with Crippen molar-refractivity contribution in [2.45, 2.75) is 116 Å². The van der Waals surface area contributed by atoms with Crippen molar-refractivity contribution in [1.29, 1.82) is 0 Å². The summed E-state index contributed by atoms with van der Waals surface area (Å²) >= 11 is 0. The number of unbranched alkanes of at least 4 members (excludes halogenated alkanes) is 8. The Hall–Kier alpha value is -0.650. The van der Waals surface area contributed by atoms with Crippen molar-refractivity contribution in [3.8, 4) is 0 Å². The van der Waals surface area contributed by atoms with E-state index in [-0.39, 0.29) is 12.6 Å². The maximum Gasteiger partial charge on any atom is 0.305 e. The largest absolute Gasteiger partial charge is 0.466 e. The number of nitrogens with one attached hydrogen (secondary N) is 1. The number of carbonyl (C=O) groups excluding carboxylic acids is 1. The second-order valence-corrected chi connectivity index (χ2v) is 8.43. The van der Waals surface area contributed by atoms with E-state index in [2.05, 4.69) is 19.2 Å². The molecule has 0 aliphatic rings. The predicted molar refractivity (Wildman–Crippen MR) is 121 cm³/mol. The van der Waals surface area contributed by atoms with Crippen LogP contribution in [0.15, 0.2) is 0 Å². The maximum atomic E-state index is 11.9. The highest BCUT2D eigenvalue weighted by Gasteiger charge is 2.10. The van der Waals surface area contributed by atoms with Crippen LogP contribution in [0.25, 0.3) is 0 Å². The van der Waals surface area contributed by atoms with Gasteiger partial charge in [0.2, 0.25) is 0 Å². The van der Waals surface area contributed by atoms with E-state index < -0.39 is 6.10 Å². The summed E-state index contributed by atoms with van der Waals surface area (Å²) in [5.41, 5.74) is 0. The zero-order valence-electron chi connectivity index (χ0n) is 19.3. The Balaban J connectivity index is 3.77. The van der Waals surface area contributed by atoms with E-state index in [1.807, 2.05) is 0 Å². The first-order valence-electron chi connectivity index (χ1n) is 12.3. The van der Waals surface area contributed by atoms with Gasteiger partial charge in [-0.05, 0) is 31.7 Å². The minimum atomic E-state index is -0.688. The molecule has 0 rings (SSSR count). The molecule has 0 aromatic carbocycles. The van der Waals surface area contributed by atoms with E-state index in [0.29, 0.717) is 25.5 Å². The molecule has 0 fully saturated rings. The van der Waals surface area contributed by atoms with Gasteiger partial charge in [-0.1, -0.05) is 84.5 Å². The van der Waals surface area contributed by atoms with Crippen LogP contribution in [0.3, 0.4) is 0 Å². The van der Waals surface area contributed by atoms with Crippen LogP contribution in [0.4, 0.5) is 0 Å². The minimum Gasteiger partial charge on any atom is -0.466 e. The third-order valence-electron chi connectivity index (χ3n) is 5.55. The smallest absolute Gasteiger partial charge is 0.305 e. The minimum absolute atomic E-state index is 0.0654. The molecule has 174 valence electrons. The van der Waals surface area contributed by atoms with Crippen LogP contribution in [0.2, 0.25) is 0 Å². The summed E-state index contributed by atoms with van der Waals surface area (Å²) < 4.78 is 5.49. The SMILES string of the molecule is CCCCCCC(CCCCCC)CCOC(=O)CCCCCNC[C@@H](O)CO. The monoisotopic (exact) mass is 415 g/mol. The summed E-state index contributed by atoms with van der Waals surface area (Å²) in [7, 11) is 0. The van der Waals surface area contributed by atoms with Crippen LogP contribution >= 0.6 is 0 Å². The molecule has 0 heterocycles. The van der Waals surface area contributed by atoms with Crippen LogP contribution in [-0.4, -0.2) is 48.6 Å². The summed E-state index contributed by atoms with van der Waals surface area (Å²) in [4.78, 5) is 11.9. The van der Waals surface area contributed by atoms with Gasteiger partial charge in [-0.25, -0.2) is 0 Å². The lowest BCUT2D eigenvalue weighted by Gasteiger charge is -2.17. The molecule has 0 unspecified atom stereocenters. The molecule has 1 atom stereocenters. The molecule has 0 bridgehead atoms. The third-order valence-corrected chi connectivity index (χ3v) is 5.55. The van der Waals surface area contributed by atoms with Crippen molar-refractivity contribution in [2.75, 3.05) is 26.3 Å². The molecule has 29 heavy (non-hydrogen) atoms. The molecular weight excluding hydrogens is 366 g/mol. The number of aliphatic hydroxyl groups is 2. The number of hydrogen-bond donors (Lipinski definition) is 3. The summed E-state index contributed by atoms with van der Waals surface area (Å²) in [6.07, 6.45) is 16.6. The Labute approximate surface area is 180 Å². The van der Waals surface area contributed by atoms with Crippen molar-refractivity contribution >= 4 is 5.97 Å². The Morgan fingerprint density at radius 2 is 1.48 bits per heavy atom. The van der Waals surface area contributed by atoms with Crippen LogP contribution in [0.5, 0.6) is 0 Å². The van der Waals surface area contributed by atoms with Gasteiger partial charge in [0.25, 0.3) is 0 Å². The van der Waals surface area contributed by atoms with Crippen LogP contribution in [0, 0.1) is 5.92 Å². The Morgan fingerprint density at radius 3 is 2.07 bits per heavy atom. The molecule has 0 aliphatic carbocycles. The van der Waals surface area contributed by atoms with Gasteiger partial charge >= 0.3 is 5.97 Å². The summed E-state index contributed by atoms with van der Waals surface area (Å²) in [6.45, 7) is 6.07. The predicted octanol–water partition coefficient (Wildman–Crippen LogP) is 4.98. The third kappa shape index (κ3) is 20.4. The number of rotatable bonds is 22. The fourth-order valence-corrected chi connectivity index (χ4v) is 3.59. The van der Waals surface area contributed by atoms with Crippen LogP contribution < -0.4 is 5.32 Å². The molecule has 5 nitrogen and oxygen atoms in total. The Morgan fingerprint density at radius 1 is 0.862 bits per heavy atom. The fourth-order valence-electron chi connectivity index (χ4n) is 3.59. The van der Waals surface area contributed by atoms with Gasteiger partial charge in [0.1, 0.15) is 0 Å². The molecular formula is C24H49NO4. The first-order valence-corrected chi connectivity index (χ1v) is 12.3. The number of ether oxygens (including phenoxy) is 1. The van der Waals surface area contributed by atoms with Gasteiger partial charge in [-0.3, -0.25) is 4.79 Å². The average molecular weight is 416 g/mol. The topological polar surface area (TPSA) is 78.8 Å². The lowest BCUT2D eigenvalue weighted by Crippen LogP contribution is -2.29. The van der Waals surface area contributed by atoms with E-state index in [0.717, 1.165) is 32.2 Å². The Kier molecular flexibility index (Phi) is 21.6. The van der Waals surface area contributed by atoms with E-state index in [1.165, 1.54) is 64.2 Å². The van der Waals surface area contributed by atoms with Gasteiger partial charge in [0, 0.05) is 13.0 Å². The van der Waals surface area contributed by atoms with Crippen LogP contribution in [-0.2, 0) is 9.53 Å². The molecule has 0 amide bonds. The molecule has 0 aromatic heterocycles. The zero-order valence-corrected chi connectivity index (χ0v) is 19.3. The van der Waals surface area contributed by atoms with E-state index >= 15 is 0 Å². The quantitative estimate of drug-likeness (QED) is 0.172. The first kappa shape index (κ1) is 28.4. The number of carbonyl (C=O) groups is 1. The first-order chi connectivity index (χ1) is 14.1. The molecule has 0 saturated heterocycles. The lowest BCUT2D eigenvalue weighted by atomic mass is 9.92. The molecule has 0 aromatic rings. The van der Waals surface area contributed by atoms with Crippen molar-refractivity contribution < 1.29 is 19.7 Å². The highest BCUT2D eigenvalue weighted by molar-refractivity contribution is 5.69. The Bertz CT molecular complexity index is 340.